The zero-order valence-corrected chi connectivity index (χ0v) is 11.6. The van der Waals surface area contributed by atoms with Crippen LogP contribution in [0, 0.1) is 5.92 Å². The molecular weight excluding hydrogens is 270 g/mol. The highest BCUT2D eigenvalue weighted by atomic mass is 16.5. The molecule has 110 valence electrons. The van der Waals surface area contributed by atoms with Gasteiger partial charge in [-0.1, -0.05) is 12.8 Å². The van der Waals surface area contributed by atoms with Crippen LogP contribution in [0.25, 0.3) is 11.3 Å². The van der Waals surface area contributed by atoms with E-state index >= 15 is 0 Å². The molecule has 1 saturated carbocycles. The zero-order valence-electron chi connectivity index (χ0n) is 11.6. The van der Waals surface area contributed by atoms with Crippen molar-refractivity contribution in [3.8, 4) is 17.0 Å². The van der Waals surface area contributed by atoms with Crippen molar-refractivity contribution in [3.05, 3.63) is 30.0 Å². The maximum atomic E-state index is 11.0. The van der Waals surface area contributed by atoms with Crippen LogP contribution in [-0.4, -0.2) is 33.1 Å². The summed E-state index contributed by atoms with van der Waals surface area (Å²) in [6, 6.07) is 7.28. The van der Waals surface area contributed by atoms with Crippen LogP contribution in [0.1, 0.15) is 36.2 Å². The van der Waals surface area contributed by atoms with Gasteiger partial charge in [-0.3, -0.25) is 0 Å². The maximum absolute atomic E-state index is 11.0. The number of nitrogens with zero attached hydrogens (tertiary/aromatic N) is 2. The molecule has 0 spiro atoms. The lowest BCUT2D eigenvalue weighted by molar-refractivity contribution is 0.0691. The van der Waals surface area contributed by atoms with Gasteiger partial charge in [0.25, 0.3) is 0 Å². The largest absolute Gasteiger partial charge is 0.493 e. The summed E-state index contributed by atoms with van der Waals surface area (Å²) in [6.45, 7) is 0.754. The quantitative estimate of drug-likeness (QED) is 0.882. The van der Waals surface area contributed by atoms with Gasteiger partial charge in [0.2, 0.25) is 0 Å². The third-order valence-electron chi connectivity index (χ3n) is 3.84. The number of aromatic carboxylic acids is 1. The Morgan fingerprint density at radius 1 is 1.24 bits per heavy atom. The van der Waals surface area contributed by atoms with E-state index in [9.17, 15) is 4.79 Å². The first-order valence-electron chi connectivity index (χ1n) is 7.11. The first kappa shape index (κ1) is 13.6. The lowest BCUT2D eigenvalue weighted by Gasteiger charge is -2.11. The number of carbonyl (C=O) groups is 1. The van der Waals surface area contributed by atoms with E-state index in [-0.39, 0.29) is 5.69 Å². The Bertz CT molecular complexity index is 615. The van der Waals surface area contributed by atoms with Crippen molar-refractivity contribution < 1.29 is 14.6 Å². The Morgan fingerprint density at radius 3 is 2.62 bits per heavy atom. The molecule has 1 aromatic heterocycles. The molecule has 0 amide bonds. The van der Waals surface area contributed by atoms with E-state index in [1.54, 1.807) is 12.1 Å². The summed E-state index contributed by atoms with van der Waals surface area (Å²) in [6.07, 6.45) is 5.10. The SMILES string of the molecule is O=C(O)c1n[nH]nc1-c1ccc(OCC2CCCC2)cc1. The molecule has 0 atom stereocenters. The molecule has 2 N–H and O–H groups in total. The van der Waals surface area contributed by atoms with Crippen LogP contribution in [0.15, 0.2) is 24.3 Å². The van der Waals surface area contributed by atoms with Crippen LogP contribution in [-0.2, 0) is 0 Å². The van der Waals surface area contributed by atoms with Gasteiger partial charge in [-0.25, -0.2) is 4.79 Å². The minimum atomic E-state index is -1.10. The van der Waals surface area contributed by atoms with Crippen LogP contribution in [0.5, 0.6) is 5.75 Å². The zero-order chi connectivity index (χ0) is 14.7. The van der Waals surface area contributed by atoms with Crippen molar-refractivity contribution in [2.75, 3.05) is 6.61 Å². The maximum Gasteiger partial charge on any atom is 0.358 e. The summed E-state index contributed by atoms with van der Waals surface area (Å²) in [7, 11) is 0. The van der Waals surface area contributed by atoms with Gasteiger partial charge < -0.3 is 9.84 Å². The van der Waals surface area contributed by atoms with E-state index < -0.39 is 5.97 Å². The molecule has 1 aromatic carbocycles. The molecule has 1 aliphatic carbocycles. The van der Waals surface area contributed by atoms with Gasteiger partial charge in [0.05, 0.1) is 6.61 Å². The summed E-state index contributed by atoms with van der Waals surface area (Å²) < 4.78 is 5.78. The highest BCUT2D eigenvalue weighted by molar-refractivity contribution is 5.92. The Hall–Kier alpha value is -2.37. The minimum Gasteiger partial charge on any atom is -0.493 e. The van der Waals surface area contributed by atoms with Crippen LogP contribution < -0.4 is 4.74 Å². The van der Waals surface area contributed by atoms with Crippen LogP contribution >= 0.6 is 0 Å². The molecule has 21 heavy (non-hydrogen) atoms. The second-order valence-electron chi connectivity index (χ2n) is 5.31. The number of H-pyrrole nitrogens is 1. The number of aromatic nitrogens is 3. The van der Waals surface area contributed by atoms with E-state index in [1.165, 1.54) is 25.7 Å². The number of benzene rings is 1. The highest BCUT2D eigenvalue weighted by Gasteiger charge is 2.17. The Labute approximate surface area is 122 Å². The molecule has 6 nitrogen and oxygen atoms in total. The van der Waals surface area contributed by atoms with Gasteiger partial charge in [0, 0.05) is 5.56 Å². The molecule has 0 aliphatic heterocycles. The van der Waals surface area contributed by atoms with E-state index in [0.717, 1.165) is 12.4 Å². The number of nitrogens with one attached hydrogen (secondary N) is 1. The fraction of sp³-hybridized carbons (Fsp3) is 0.400. The van der Waals surface area contributed by atoms with Crippen molar-refractivity contribution in [3.63, 3.8) is 0 Å². The number of carboxylic acids is 1. The summed E-state index contributed by atoms with van der Waals surface area (Å²) >= 11 is 0. The second kappa shape index (κ2) is 5.95. The van der Waals surface area contributed by atoms with Crippen LogP contribution in [0.4, 0.5) is 0 Å². The van der Waals surface area contributed by atoms with Gasteiger partial charge >= 0.3 is 5.97 Å². The Balaban J connectivity index is 1.68. The average molecular weight is 287 g/mol. The number of carboxylic acid groups (broad SMARTS) is 1. The summed E-state index contributed by atoms with van der Waals surface area (Å²) in [5.41, 5.74) is 0.967. The van der Waals surface area contributed by atoms with E-state index in [4.69, 9.17) is 9.84 Å². The summed E-state index contributed by atoms with van der Waals surface area (Å²) in [4.78, 5) is 11.0. The van der Waals surface area contributed by atoms with E-state index in [1.807, 2.05) is 12.1 Å². The van der Waals surface area contributed by atoms with Crippen molar-refractivity contribution in [1.29, 1.82) is 0 Å². The molecule has 1 fully saturated rings. The predicted octanol–water partition coefficient (Wildman–Crippen LogP) is 2.74. The Morgan fingerprint density at radius 2 is 1.95 bits per heavy atom. The second-order valence-corrected chi connectivity index (χ2v) is 5.31. The van der Waals surface area contributed by atoms with Gasteiger partial charge in [-0.15, -0.1) is 5.10 Å². The van der Waals surface area contributed by atoms with E-state index in [0.29, 0.717) is 17.2 Å². The van der Waals surface area contributed by atoms with Crippen molar-refractivity contribution in [2.24, 2.45) is 5.92 Å². The predicted molar refractivity (Wildman–Crippen MR) is 76.2 cm³/mol. The molecule has 2 aromatic rings. The summed E-state index contributed by atoms with van der Waals surface area (Å²) in [5, 5.41) is 18.9. The number of hydrogen-bond donors (Lipinski definition) is 2. The lowest BCUT2D eigenvalue weighted by atomic mass is 10.1. The molecule has 1 aliphatic rings. The van der Waals surface area contributed by atoms with Gasteiger partial charge in [0.1, 0.15) is 11.4 Å². The van der Waals surface area contributed by atoms with E-state index in [2.05, 4.69) is 15.4 Å². The number of aromatic amines is 1. The fourth-order valence-corrected chi connectivity index (χ4v) is 2.68. The smallest absolute Gasteiger partial charge is 0.358 e. The first-order valence-corrected chi connectivity index (χ1v) is 7.11. The molecule has 0 saturated heterocycles. The lowest BCUT2D eigenvalue weighted by Crippen LogP contribution is -2.07. The number of hydrogen-bond acceptors (Lipinski definition) is 4. The minimum absolute atomic E-state index is 0.0744. The third-order valence-corrected chi connectivity index (χ3v) is 3.84. The highest BCUT2D eigenvalue weighted by Crippen LogP contribution is 2.27. The Kier molecular flexibility index (Phi) is 3.85. The molecular formula is C15H17N3O3. The van der Waals surface area contributed by atoms with Crippen LogP contribution in [0.2, 0.25) is 0 Å². The van der Waals surface area contributed by atoms with Crippen molar-refractivity contribution in [2.45, 2.75) is 25.7 Å². The van der Waals surface area contributed by atoms with Crippen LogP contribution in [0.3, 0.4) is 0 Å². The molecule has 6 heteroatoms. The normalized spacial score (nSPS) is 15.2. The average Bonchev–Trinajstić information content (AvgIpc) is 3.17. The molecule has 0 bridgehead atoms. The molecule has 0 radical (unpaired) electrons. The molecule has 0 unspecified atom stereocenters. The molecule has 3 rings (SSSR count). The van der Waals surface area contributed by atoms with Gasteiger partial charge in [-0.2, -0.15) is 10.3 Å². The monoisotopic (exact) mass is 287 g/mol. The first-order chi connectivity index (χ1) is 10.2. The summed E-state index contributed by atoms with van der Waals surface area (Å²) in [5.74, 6) is 0.366. The van der Waals surface area contributed by atoms with Gasteiger partial charge in [0.15, 0.2) is 5.69 Å². The standard InChI is InChI=1S/C15H17N3O3/c19-15(20)14-13(16-18-17-14)11-5-7-12(8-6-11)21-9-10-3-1-2-4-10/h5-8,10H,1-4,9H2,(H,19,20)(H,16,17,18). The van der Waals surface area contributed by atoms with Gasteiger partial charge in [-0.05, 0) is 43.0 Å². The number of ether oxygens (including phenoxy) is 1. The molecule has 1 heterocycles. The topological polar surface area (TPSA) is 88.1 Å². The number of rotatable bonds is 5. The van der Waals surface area contributed by atoms with Crippen molar-refractivity contribution >= 4 is 5.97 Å². The third kappa shape index (κ3) is 3.04. The fourth-order valence-electron chi connectivity index (χ4n) is 2.68. The van der Waals surface area contributed by atoms with Crippen molar-refractivity contribution in [1.82, 2.24) is 15.4 Å².